The Kier molecular flexibility index (Phi) is 6.62. The van der Waals surface area contributed by atoms with E-state index in [1.54, 1.807) is 4.31 Å². The van der Waals surface area contributed by atoms with Crippen LogP contribution in [-0.4, -0.2) is 34.6 Å². The number of nitrogens with zero attached hydrogens (tertiary/aromatic N) is 2. The van der Waals surface area contributed by atoms with E-state index in [1.807, 2.05) is 6.92 Å². The summed E-state index contributed by atoms with van der Waals surface area (Å²) in [6.07, 6.45) is 5.87. The Morgan fingerprint density at radius 3 is 2.52 bits per heavy atom. The molecule has 2 rings (SSSR count). The zero-order valence-corrected chi connectivity index (χ0v) is 17.1. The second-order valence-electron chi connectivity index (χ2n) is 6.75. The molecule has 1 aliphatic rings. The molecule has 1 aromatic rings. The monoisotopic (exact) mass is 432 g/mol. The lowest BCUT2D eigenvalue weighted by Gasteiger charge is -2.38. The molecule has 1 fully saturated rings. The predicted octanol–water partition coefficient (Wildman–Crippen LogP) is 4.48. The summed E-state index contributed by atoms with van der Waals surface area (Å²) in [4.78, 5) is 10.4. The van der Waals surface area contributed by atoms with Crippen LogP contribution in [-0.2, 0) is 10.0 Å². The molecule has 1 heterocycles. The molecular weight excluding hydrogens is 408 g/mol. The fourth-order valence-electron chi connectivity index (χ4n) is 3.42. The molecule has 6 nitrogen and oxygen atoms in total. The van der Waals surface area contributed by atoms with Gasteiger partial charge >= 0.3 is 0 Å². The second kappa shape index (κ2) is 8.14. The smallest absolute Gasteiger partial charge is 0.258 e. The van der Waals surface area contributed by atoms with Gasteiger partial charge in [-0.3, -0.25) is 10.1 Å². The van der Waals surface area contributed by atoms with Crippen molar-refractivity contribution in [2.75, 3.05) is 6.54 Å². The Labute approximate surface area is 157 Å². The SMILES string of the molecule is CCCCC[C@H](Br)[C@@]1(C)CCCN1S(=O)(=O)c1ccc([N+](=O)[O-])cc1. The van der Waals surface area contributed by atoms with E-state index in [1.165, 1.54) is 24.3 Å². The van der Waals surface area contributed by atoms with Crippen molar-refractivity contribution in [3.05, 3.63) is 34.4 Å². The van der Waals surface area contributed by atoms with Gasteiger partial charge in [-0.25, -0.2) is 8.42 Å². The molecule has 1 saturated heterocycles. The lowest BCUT2D eigenvalue weighted by molar-refractivity contribution is -0.384. The summed E-state index contributed by atoms with van der Waals surface area (Å²) in [6, 6.07) is 5.14. The van der Waals surface area contributed by atoms with E-state index in [9.17, 15) is 18.5 Å². The van der Waals surface area contributed by atoms with Gasteiger partial charge in [0.1, 0.15) is 0 Å². The van der Waals surface area contributed by atoms with Crippen molar-refractivity contribution in [1.82, 2.24) is 4.31 Å². The van der Waals surface area contributed by atoms with Crippen LogP contribution in [0.15, 0.2) is 29.2 Å². The van der Waals surface area contributed by atoms with Gasteiger partial charge in [0.15, 0.2) is 0 Å². The average molecular weight is 433 g/mol. The van der Waals surface area contributed by atoms with Crippen molar-refractivity contribution < 1.29 is 13.3 Å². The normalized spacial score (nSPS) is 22.8. The van der Waals surface area contributed by atoms with Gasteiger partial charge in [0.25, 0.3) is 5.69 Å². The van der Waals surface area contributed by atoms with Gasteiger partial charge in [-0.1, -0.05) is 42.1 Å². The maximum absolute atomic E-state index is 13.1. The summed E-state index contributed by atoms with van der Waals surface area (Å²) in [5.41, 5.74) is -0.588. The van der Waals surface area contributed by atoms with Crippen molar-refractivity contribution in [1.29, 1.82) is 0 Å². The fraction of sp³-hybridized carbons (Fsp3) is 0.647. The van der Waals surface area contributed by atoms with Crippen molar-refractivity contribution in [2.24, 2.45) is 0 Å². The third kappa shape index (κ3) is 4.23. The van der Waals surface area contributed by atoms with E-state index in [-0.39, 0.29) is 15.4 Å². The van der Waals surface area contributed by atoms with Gasteiger partial charge in [0.05, 0.1) is 9.82 Å². The minimum absolute atomic E-state index is 0.0851. The highest BCUT2D eigenvalue weighted by Crippen LogP contribution is 2.41. The Balaban J connectivity index is 2.25. The summed E-state index contributed by atoms with van der Waals surface area (Å²) in [7, 11) is -3.68. The molecule has 1 aromatic carbocycles. The number of hydrogen-bond donors (Lipinski definition) is 0. The molecule has 140 valence electrons. The lowest BCUT2D eigenvalue weighted by Crippen LogP contribution is -2.50. The number of sulfonamides is 1. The van der Waals surface area contributed by atoms with E-state index in [2.05, 4.69) is 22.9 Å². The highest BCUT2D eigenvalue weighted by atomic mass is 79.9. The van der Waals surface area contributed by atoms with Crippen LogP contribution < -0.4 is 0 Å². The Hall–Kier alpha value is -0.990. The van der Waals surface area contributed by atoms with Gasteiger partial charge in [-0.05, 0) is 38.3 Å². The van der Waals surface area contributed by atoms with Gasteiger partial charge in [0, 0.05) is 29.0 Å². The first-order valence-electron chi connectivity index (χ1n) is 8.65. The Morgan fingerprint density at radius 2 is 1.96 bits per heavy atom. The first-order valence-corrected chi connectivity index (χ1v) is 11.0. The largest absolute Gasteiger partial charge is 0.269 e. The number of halogens is 1. The first-order chi connectivity index (χ1) is 11.7. The van der Waals surface area contributed by atoms with Crippen LogP contribution in [0.25, 0.3) is 0 Å². The van der Waals surface area contributed by atoms with Crippen LogP contribution in [0.1, 0.15) is 52.4 Å². The predicted molar refractivity (Wildman–Crippen MR) is 101 cm³/mol. The van der Waals surface area contributed by atoms with E-state index >= 15 is 0 Å². The highest BCUT2D eigenvalue weighted by molar-refractivity contribution is 9.09. The van der Waals surface area contributed by atoms with E-state index in [4.69, 9.17) is 0 Å². The summed E-state index contributed by atoms with van der Waals surface area (Å²) in [5, 5.41) is 10.8. The van der Waals surface area contributed by atoms with Crippen LogP contribution >= 0.6 is 15.9 Å². The number of nitro groups is 1. The molecule has 0 aliphatic carbocycles. The summed E-state index contributed by atoms with van der Waals surface area (Å²) < 4.78 is 27.8. The van der Waals surface area contributed by atoms with Gasteiger partial charge in [-0.15, -0.1) is 0 Å². The van der Waals surface area contributed by atoms with Gasteiger partial charge in [-0.2, -0.15) is 4.31 Å². The van der Waals surface area contributed by atoms with Gasteiger partial charge < -0.3 is 0 Å². The molecule has 25 heavy (non-hydrogen) atoms. The number of nitro benzene ring substituents is 1. The molecule has 0 amide bonds. The van der Waals surface area contributed by atoms with Crippen molar-refractivity contribution in [3.8, 4) is 0 Å². The molecule has 0 aromatic heterocycles. The third-order valence-electron chi connectivity index (χ3n) is 4.99. The maximum atomic E-state index is 13.1. The number of benzene rings is 1. The molecule has 0 unspecified atom stereocenters. The lowest BCUT2D eigenvalue weighted by atomic mass is 9.92. The molecule has 1 aliphatic heterocycles. The maximum Gasteiger partial charge on any atom is 0.269 e. The van der Waals surface area contributed by atoms with Crippen LogP contribution in [0.3, 0.4) is 0 Å². The molecule has 0 radical (unpaired) electrons. The first kappa shape index (κ1) is 20.3. The zero-order chi connectivity index (χ0) is 18.7. The summed E-state index contributed by atoms with van der Waals surface area (Å²) in [5.74, 6) is 0. The quantitative estimate of drug-likeness (QED) is 0.262. The van der Waals surface area contributed by atoms with E-state index in [0.717, 1.165) is 38.5 Å². The summed E-state index contributed by atoms with van der Waals surface area (Å²) in [6.45, 7) is 4.62. The Bertz CT molecular complexity index is 708. The minimum Gasteiger partial charge on any atom is -0.258 e. The van der Waals surface area contributed by atoms with Crippen LogP contribution in [0, 0.1) is 10.1 Å². The third-order valence-corrected chi connectivity index (χ3v) is 8.48. The van der Waals surface area contributed by atoms with Crippen LogP contribution in [0.5, 0.6) is 0 Å². The number of unbranched alkanes of at least 4 members (excludes halogenated alkanes) is 2. The summed E-state index contributed by atoms with van der Waals surface area (Å²) >= 11 is 3.73. The molecule has 8 heteroatoms. The van der Waals surface area contributed by atoms with E-state index < -0.39 is 20.5 Å². The molecule has 0 saturated carbocycles. The van der Waals surface area contributed by atoms with E-state index in [0.29, 0.717) is 6.54 Å². The molecule has 2 atom stereocenters. The second-order valence-corrected chi connectivity index (χ2v) is 9.72. The van der Waals surface area contributed by atoms with Crippen molar-refractivity contribution in [2.45, 2.75) is 67.6 Å². The highest BCUT2D eigenvalue weighted by Gasteiger charge is 2.48. The number of rotatable bonds is 8. The topological polar surface area (TPSA) is 80.5 Å². The van der Waals surface area contributed by atoms with Crippen LogP contribution in [0.2, 0.25) is 0 Å². The average Bonchev–Trinajstić information content (AvgIpc) is 2.99. The molecule has 0 bridgehead atoms. The number of non-ortho nitro benzene ring substituents is 1. The molecule has 0 spiro atoms. The standard InChI is InChI=1S/C17H25BrN2O4S/c1-3-4-5-7-16(18)17(2)12-6-13-19(17)25(23,24)15-10-8-14(9-11-15)20(21)22/h8-11,16H,3-7,12-13H2,1-2H3/t16-,17+/m0/s1. The zero-order valence-electron chi connectivity index (χ0n) is 14.7. The van der Waals surface area contributed by atoms with Crippen LogP contribution in [0.4, 0.5) is 5.69 Å². The fourth-order valence-corrected chi connectivity index (χ4v) is 6.23. The van der Waals surface area contributed by atoms with Crippen molar-refractivity contribution >= 4 is 31.6 Å². The van der Waals surface area contributed by atoms with Crippen molar-refractivity contribution in [3.63, 3.8) is 0 Å². The number of hydrogen-bond acceptors (Lipinski definition) is 4. The van der Waals surface area contributed by atoms with Gasteiger partial charge in [0.2, 0.25) is 10.0 Å². The Morgan fingerprint density at radius 1 is 1.32 bits per heavy atom. The number of alkyl halides is 1. The molecular formula is C17H25BrN2O4S. The molecule has 0 N–H and O–H groups in total. The minimum atomic E-state index is -3.68.